The molecular formula is C23H22FNO5. The van der Waals surface area contributed by atoms with Gasteiger partial charge in [0.05, 0.1) is 31.9 Å². The molecule has 0 fully saturated rings. The normalized spacial score (nSPS) is 16.5. The Labute approximate surface area is 173 Å². The van der Waals surface area contributed by atoms with Crippen molar-refractivity contribution in [2.45, 2.75) is 25.8 Å². The molecule has 3 rings (SSSR count). The molecule has 2 aromatic rings. The monoisotopic (exact) mass is 411 g/mol. The predicted molar refractivity (Wildman–Crippen MR) is 107 cm³/mol. The van der Waals surface area contributed by atoms with Crippen LogP contribution < -0.4 is 0 Å². The summed E-state index contributed by atoms with van der Waals surface area (Å²) in [6, 6.07) is 12.6. The van der Waals surface area contributed by atoms with Gasteiger partial charge in [-0.25, -0.2) is 14.0 Å². The topological polar surface area (TPSA) is 72.9 Å². The number of esters is 2. The molecule has 0 bridgehead atoms. The molecule has 0 aliphatic carbocycles. The van der Waals surface area contributed by atoms with Crippen molar-refractivity contribution in [1.29, 1.82) is 0 Å². The third-order valence-corrected chi connectivity index (χ3v) is 5.19. The Hall–Kier alpha value is -3.48. The number of allylic oxidation sites excluding steroid dienone is 1. The van der Waals surface area contributed by atoms with Gasteiger partial charge in [0.15, 0.2) is 0 Å². The summed E-state index contributed by atoms with van der Waals surface area (Å²) in [5.41, 5.74) is 2.52. The highest BCUT2D eigenvalue weighted by molar-refractivity contribution is 5.95. The minimum Gasteiger partial charge on any atom is -0.466 e. The molecule has 156 valence electrons. The van der Waals surface area contributed by atoms with Crippen molar-refractivity contribution in [3.05, 3.63) is 82.3 Å². The van der Waals surface area contributed by atoms with Crippen LogP contribution in [-0.4, -0.2) is 37.0 Å². The van der Waals surface area contributed by atoms with Crippen LogP contribution in [0, 0.1) is 5.82 Å². The van der Waals surface area contributed by atoms with Gasteiger partial charge in [0, 0.05) is 18.0 Å². The summed E-state index contributed by atoms with van der Waals surface area (Å²) in [7, 11) is 2.58. The van der Waals surface area contributed by atoms with Crippen LogP contribution in [0.2, 0.25) is 0 Å². The molecule has 1 atom stereocenters. The number of methoxy groups -OCH3 is 2. The second-order valence-electron chi connectivity index (χ2n) is 6.97. The van der Waals surface area contributed by atoms with E-state index in [-0.39, 0.29) is 18.9 Å². The van der Waals surface area contributed by atoms with Crippen LogP contribution in [0.4, 0.5) is 4.39 Å². The summed E-state index contributed by atoms with van der Waals surface area (Å²) in [5.74, 6) is -2.21. The number of hydrogen-bond donors (Lipinski definition) is 0. The van der Waals surface area contributed by atoms with E-state index in [1.165, 1.54) is 31.3 Å². The van der Waals surface area contributed by atoms with Crippen molar-refractivity contribution in [1.82, 2.24) is 4.90 Å². The zero-order valence-electron chi connectivity index (χ0n) is 17.0. The number of nitrogens with zero attached hydrogens (tertiary/aromatic N) is 1. The lowest BCUT2D eigenvalue weighted by atomic mass is 9.83. The molecule has 0 spiro atoms. The lowest BCUT2D eigenvalue weighted by molar-refractivity contribution is -0.138. The minimum absolute atomic E-state index is 0.0193. The average Bonchev–Trinajstić information content (AvgIpc) is 2.75. The number of rotatable bonds is 5. The molecule has 0 saturated heterocycles. The molecule has 1 aliphatic heterocycles. The maximum absolute atomic E-state index is 13.7. The van der Waals surface area contributed by atoms with E-state index < -0.39 is 23.7 Å². The first-order valence-corrected chi connectivity index (χ1v) is 9.37. The fourth-order valence-electron chi connectivity index (χ4n) is 3.63. The van der Waals surface area contributed by atoms with Crippen molar-refractivity contribution in [3.63, 3.8) is 0 Å². The molecule has 1 heterocycles. The maximum Gasteiger partial charge on any atom is 0.337 e. The summed E-state index contributed by atoms with van der Waals surface area (Å²) in [6.07, 6.45) is 0.0193. The first-order chi connectivity index (χ1) is 14.3. The first-order valence-electron chi connectivity index (χ1n) is 9.37. The zero-order chi connectivity index (χ0) is 21.8. The molecule has 0 aromatic heterocycles. The lowest BCUT2D eigenvalue weighted by Gasteiger charge is -2.34. The van der Waals surface area contributed by atoms with E-state index in [9.17, 15) is 18.8 Å². The molecular weight excluding hydrogens is 389 g/mol. The van der Waals surface area contributed by atoms with Crippen LogP contribution in [0.3, 0.4) is 0 Å². The Bertz CT molecular complexity index is 1010. The maximum atomic E-state index is 13.7. The first kappa shape index (κ1) is 21.2. The van der Waals surface area contributed by atoms with E-state index in [1.54, 1.807) is 43.3 Å². The summed E-state index contributed by atoms with van der Waals surface area (Å²) < 4.78 is 23.4. The number of halogens is 1. The molecule has 6 nitrogen and oxygen atoms in total. The molecule has 0 N–H and O–H groups in total. The van der Waals surface area contributed by atoms with E-state index >= 15 is 0 Å². The number of carbonyl (C=O) groups excluding carboxylic acids is 3. The molecule has 0 radical (unpaired) electrons. The Balaban J connectivity index is 1.96. The molecule has 30 heavy (non-hydrogen) atoms. The molecule has 7 heteroatoms. The van der Waals surface area contributed by atoms with Gasteiger partial charge in [-0.2, -0.15) is 0 Å². The smallest absolute Gasteiger partial charge is 0.337 e. The van der Waals surface area contributed by atoms with Crippen LogP contribution in [0.15, 0.2) is 59.8 Å². The van der Waals surface area contributed by atoms with Gasteiger partial charge < -0.3 is 14.4 Å². The quantitative estimate of drug-likeness (QED) is 0.704. The second-order valence-corrected chi connectivity index (χ2v) is 6.97. The number of benzene rings is 2. The summed E-state index contributed by atoms with van der Waals surface area (Å²) in [5, 5.41) is 0. The van der Waals surface area contributed by atoms with Crippen LogP contribution in [-0.2, 0) is 25.6 Å². The highest BCUT2D eigenvalue weighted by Crippen LogP contribution is 2.37. The number of ether oxygens (including phenoxy) is 2. The van der Waals surface area contributed by atoms with Crippen LogP contribution >= 0.6 is 0 Å². The molecule has 1 aliphatic rings. The van der Waals surface area contributed by atoms with Gasteiger partial charge in [-0.05, 0) is 42.3 Å². The van der Waals surface area contributed by atoms with Crippen LogP contribution in [0.25, 0.3) is 0 Å². The molecule has 1 amide bonds. The average molecular weight is 411 g/mol. The SMILES string of the molecule is COC(=O)C1=C(C)N(Cc2ccc(C(=O)OC)cc2)C(=O)CC1c1cccc(F)c1. The standard InChI is InChI=1S/C23H22FNO5/c1-14-21(23(28)30-3)19(17-5-4-6-18(24)11-17)12-20(26)25(14)13-15-7-9-16(10-8-15)22(27)29-2/h4-11,19H,12-13H2,1-3H3. The highest BCUT2D eigenvalue weighted by Gasteiger charge is 2.36. The van der Waals surface area contributed by atoms with Gasteiger partial charge in [-0.1, -0.05) is 24.3 Å². The Morgan fingerprint density at radius 1 is 1.07 bits per heavy atom. The van der Waals surface area contributed by atoms with Crippen molar-refractivity contribution in [2.75, 3.05) is 14.2 Å². The van der Waals surface area contributed by atoms with Crippen LogP contribution in [0.5, 0.6) is 0 Å². The van der Waals surface area contributed by atoms with Gasteiger partial charge in [0.2, 0.25) is 5.91 Å². The third-order valence-electron chi connectivity index (χ3n) is 5.19. The van der Waals surface area contributed by atoms with E-state index in [0.717, 1.165) is 5.56 Å². The summed E-state index contributed by atoms with van der Waals surface area (Å²) in [6.45, 7) is 1.90. The summed E-state index contributed by atoms with van der Waals surface area (Å²) in [4.78, 5) is 38.6. The minimum atomic E-state index is -0.585. The van der Waals surface area contributed by atoms with Crippen LogP contribution in [0.1, 0.15) is 40.7 Å². The van der Waals surface area contributed by atoms with Gasteiger partial charge in [0.1, 0.15) is 5.82 Å². The van der Waals surface area contributed by atoms with E-state index in [0.29, 0.717) is 22.4 Å². The fourth-order valence-corrected chi connectivity index (χ4v) is 3.63. The number of carbonyl (C=O) groups is 3. The Kier molecular flexibility index (Phi) is 6.30. The lowest BCUT2D eigenvalue weighted by Crippen LogP contribution is -2.38. The number of amides is 1. The second kappa shape index (κ2) is 8.90. The van der Waals surface area contributed by atoms with Crippen molar-refractivity contribution >= 4 is 17.8 Å². The van der Waals surface area contributed by atoms with Crippen molar-refractivity contribution < 1.29 is 28.2 Å². The summed E-state index contributed by atoms with van der Waals surface area (Å²) >= 11 is 0. The number of hydrogen-bond acceptors (Lipinski definition) is 5. The molecule has 2 aromatic carbocycles. The van der Waals surface area contributed by atoms with E-state index in [4.69, 9.17) is 4.74 Å². The fraction of sp³-hybridized carbons (Fsp3) is 0.261. The van der Waals surface area contributed by atoms with E-state index in [2.05, 4.69) is 4.74 Å². The molecule has 1 unspecified atom stereocenters. The molecule has 0 saturated carbocycles. The largest absolute Gasteiger partial charge is 0.466 e. The Morgan fingerprint density at radius 2 is 1.73 bits per heavy atom. The van der Waals surface area contributed by atoms with Gasteiger partial charge >= 0.3 is 11.9 Å². The van der Waals surface area contributed by atoms with E-state index in [1.807, 2.05) is 0 Å². The Morgan fingerprint density at radius 3 is 2.33 bits per heavy atom. The van der Waals surface area contributed by atoms with Gasteiger partial charge in [-0.3, -0.25) is 4.79 Å². The van der Waals surface area contributed by atoms with Gasteiger partial charge in [-0.15, -0.1) is 0 Å². The van der Waals surface area contributed by atoms with Gasteiger partial charge in [0.25, 0.3) is 0 Å². The predicted octanol–water partition coefficient (Wildman–Crippen LogP) is 3.58. The third kappa shape index (κ3) is 4.25. The van der Waals surface area contributed by atoms with Crippen molar-refractivity contribution in [3.8, 4) is 0 Å². The zero-order valence-corrected chi connectivity index (χ0v) is 17.0. The van der Waals surface area contributed by atoms with Crippen molar-refractivity contribution in [2.24, 2.45) is 0 Å². The highest BCUT2D eigenvalue weighted by atomic mass is 19.1.